The number of nitrogens with one attached hydrogen (secondary N) is 1. The Morgan fingerprint density at radius 1 is 0.935 bits per heavy atom. The molecule has 3 heterocycles. The van der Waals surface area contributed by atoms with Crippen LogP contribution in [-0.4, -0.2) is 51.8 Å². The highest BCUT2D eigenvalue weighted by Gasteiger charge is 2.21. The van der Waals surface area contributed by atoms with Crippen LogP contribution in [0.15, 0.2) is 55.1 Å². The summed E-state index contributed by atoms with van der Waals surface area (Å²) in [5.74, 6) is 2.43. The zero-order chi connectivity index (χ0) is 21.5. The van der Waals surface area contributed by atoms with Crippen molar-refractivity contribution in [3.05, 3.63) is 60.7 Å². The molecule has 1 aromatic carbocycles. The topological polar surface area (TPSA) is 64.4 Å². The van der Waals surface area contributed by atoms with Crippen LogP contribution >= 0.6 is 0 Å². The number of aromatic nitrogens is 3. The molecule has 4 rings (SSSR count). The zero-order valence-corrected chi connectivity index (χ0v) is 18.3. The molecule has 164 valence electrons. The first-order chi connectivity index (χ1) is 15.3. The third-order valence-corrected chi connectivity index (χ3v) is 5.45. The fourth-order valence-electron chi connectivity index (χ4n) is 4.05. The second-order valence-corrected chi connectivity index (χ2v) is 7.66. The summed E-state index contributed by atoms with van der Waals surface area (Å²) in [5, 5.41) is 3.45. The van der Waals surface area contributed by atoms with Crippen LogP contribution < -0.4 is 14.8 Å². The molecule has 1 aliphatic heterocycles. The van der Waals surface area contributed by atoms with Crippen molar-refractivity contribution in [2.24, 2.45) is 0 Å². The number of rotatable bonds is 9. The SMILES string of the molecule is CCOc1cc(CN2CCC(Nc3ncccn3)CC2)cc(OCC)c1-n1cccc1. The summed E-state index contributed by atoms with van der Waals surface area (Å²) < 4.78 is 14.1. The van der Waals surface area contributed by atoms with E-state index in [2.05, 4.69) is 36.9 Å². The Labute approximate surface area is 184 Å². The Bertz CT molecular complexity index is 911. The highest BCUT2D eigenvalue weighted by Crippen LogP contribution is 2.35. The predicted molar refractivity (Wildman–Crippen MR) is 122 cm³/mol. The quantitative estimate of drug-likeness (QED) is 0.560. The molecular formula is C24H31N5O2. The molecule has 31 heavy (non-hydrogen) atoms. The number of benzene rings is 1. The molecule has 1 N–H and O–H groups in total. The molecule has 3 aromatic rings. The van der Waals surface area contributed by atoms with Crippen molar-refractivity contribution in [3.8, 4) is 17.2 Å². The fourth-order valence-corrected chi connectivity index (χ4v) is 4.05. The van der Waals surface area contributed by atoms with Crippen LogP contribution in [0, 0.1) is 0 Å². The van der Waals surface area contributed by atoms with Crippen LogP contribution in [0.2, 0.25) is 0 Å². The lowest BCUT2D eigenvalue weighted by atomic mass is 10.0. The van der Waals surface area contributed by atoms with Gasteiger partial charge in [0.15, 0.2) is 0 Å². The monoisotopic (exact) mass is 421 g/mol. The first-order valence-electron chi connectivity index (χ1n) is 11.1. The van der Waals surface area contributed by atoms with Crippen molar-refractivity contribution < 1.29 is 9.47 Å². The second-order valence-electron chi connectivity index (χ2n) is 7.66. The van der Waals surface area contributed by atoms with Gasteiger partial charge in [0.05, 0.1) is 13.2 Å². The number of hydrogen-bond donors (Lipinski definition) is 1. The molecule has 1 aliphatic rings. The number of hydrogen-bond acceptors (Lipinski definition) is 6. The summed E-state index contributed by atoms with van der Waals surface area (Å²) in [7, 11) is 0. The van der Waals surface area contributed by atoms with E-state index in [0.717, 1.165) is 49.7 Å². The number of piperidine rings is 1. The van der Waals surface area contributed by atoms with Crippen molar-refractivity contribution >= 4 is 5.95 Å². The first kappa shape index (κ1) is 21.2. The van der Waals surface area contributed by atoms with Gasteiger partial charge in [0, 0.05) is 50.5 Å². The van der Waals surface area contributed by atoms with Crippen LogP contribution in [0.5, 0.6) is 11.5 Å². The minimum atomic E-state index is 0.410. The van der Waals surface area contributed by atoms with Crippen LogP contribution in [0.1, 0.15) is 32.3 Å². The smallest absolute Gasteiger partial charge is 0.222 e. The van der Waals surface area contributed by atoms with E-state index in [4.69, 9.17) is 9.47 Å². The van der Waals surface area contributed by atoms with Gasteiger partial charge in [-0.3, -0.25) is 4.90 Å². The normalized spacial score (nSPS) is 15.0. The number of ether oxygens (including phenoxy) is 2. The van der Waals surface area contributed by atoms with Crippen molar-refractivity contribution in [2.45, 2.75) is 39.3 Å². The summed E-state index contributed by atoms with van der Waals surface area (Å²) in [4.78, 5) is 11.0. The lowest BCUT2D eigenvalue weighted by Crippen LogP contribution is -2.39. The molecule has 0 saturated carbocycles. The Morgan fingerprint density at radius 3 is 2.13 bits per heavy atom. The van der Waals surface area contributed by atoms with Gasteiger partial charge in [0.25, 0.3) is 0 Å². The van der Waals surface area contributed by atoms with E-state index >= 15 is 0 Å². The van der Waals surface area contributed by atoms with Crippen LogP contribution in [0.25, 0.3) is 5.69 Å². The van der Waals surface area contributed by atoms with Gasteiger partial charge in [0.1, 0.15) is 17.2 Å². The van der Waals surface area contributed by atoms with E-state index < -0.39 is 0 Å². The first-order valence-corrected chi connectivity index (χ1v) is 11.1. The summed E-state index contributed by atoms with van der Waals surface area (Å²) in [6.07, 6.45) is 9.72. The second kappa shape index (κ2) is 10.3. The molecule has 0 bridgehead atoms. The maximum atomic E-state index is 6.02. The average molecular weight is 422 g/mol. The fraction of sp³-hybridized carbons (Fsp3) is 0.417. The van der Waals surface area contributed by atoms with E-state index in [0.29, 0.717) is 25.2 Å². The van der Waals surface area contributed by atoms with Gasteiger partial charge in [-0.1, -0.05) is 0 Å². The molecule has 2 aromatic heterocycles. The zero-order valence-electron chi connectivity index (χ0n) is 18.3. The lowest BCUT2D eigenvalue weighted by molar-refractivity contribution is 0.210. The number of likely N-dealkylation sites (tertiary alicyclic amines) is 1. The highest BCUT2D eigenvalue weighted by molar-refractivity contribution is 5.59. The molecule has 0 amide bonds. The lowest BCUT2D eigenvalue weighted by Gasteiger charge is -2.32. The molecule has 0 unspecified atom stereocenters. The summed E-state index contributed by atoms with van der Waals surface area (Å²) in [6.45, 7) is 8.18. The Kier molecular flexibility index (Phi) is 7.04. The van der Waals surface area contributed by atoms with Crippen LogP contribution in [0.4, 0.5) is 5.95 Å². The number of anilines is 1. The minimum Gasteiger partial charge on any atom is -0.492 e. The Balaban J connectivity index is 1.46. The molecule has 0 spiro atoms. The molecule has 0 aliphatic carbocycles. The van der Waals surface area contributed by atoms with Gasteiger partial charge >= 0.3 is 0 Å². The molecule has 0 atom stereocenters. The molecule has 7 heteroatoms. The van der Waals surface area contributed by atoms with Gasteiger partial charge in [-0.2, -0.15) is 0 Å². The predicted octanol–water partition coefficient (Wildman–Crippen LogP) is 4.14. The molecule has 1 saturated heterocycles. The Morgan fingerprint density at radius 2 is 1.55 bits per heavy atom. The number of nitrogens with zero attached hydrogens (tertiary/aromatic N) is 4. The van der Waals surface area contributed by atoms with Gasteiger partial charge in [-0.25, -0.2) is 9.97 Å². The Hall–Kier alpha value is -3.06. The molecule has 1 fully saturated rings. The minimum absolute atomic E-state index is 0.410. The van der Waals surface area contributed by atoms with Gasteiger partial charge in [0.2, 0.25) is 5.95 Å². The molecule has 0 radical (unpaired) electrons. The van der Waals surface area contributed by atoms with Gasteiger partial charge in [-0.05, 0) is 62.6 Å². The summed E-state index contributed by atoms with van der Waals surface area (Å²) in [5.41, 5.74) is 2.17. The third kappa shape index (κ3) is 5.35. The average Bonchev–Trinajstić information content (AvgIpc) is 3.31. The maximum absolute atomic E-state index is 6.02. The summed E-state index contributed by atoms with van der Waals surface area (Å²) in [6, 6.07) is 10.6. The van der Waals surface area contributed by atoms with Gasteiger partial charge in [-0.15, -0.1) is 0 Å². The molecular weight excluding hydrogens is 390 g/mol. The third-order valence-electron chi connectivity index (χ3n) is 5.45. The van der Waals surface area contributed by atoms with E-state index in [-0.39, 0.29) is 0 Å². The largest absolute Gasteiger partial charge is 0.492 e. The van der Waals surface area contributed by atoms with Crippen molar-refractivity contribution in [2.75, 3.05) is 31.6 Å². The van der Waals surface area contributed by atoms with E-state index in [1.54, 1.807) is 12.4 Å². The maximum Gasteiger partial charge on any atom is 0.222 e. The van der Waals surface area contributed by atoms with Crippen molar-refractivity contribution in [1.29, 1.82) is 0 Å². The van der Waals surface area contributed by atoms with Crippen molar-refractivity contribution in [1.82, 2.24) is 19.4 Å². The summed E-state index contributed by atoms with van der Waals surface area (Å²) >= 11 is 0. The van der Waals surface area contributed by atoms with Crippen LogP contribution in [-0.2, 0) is 6.54 Å². The van der Waals surface area contributed by atoms with E-state index in [1.165, 1.54) is 5.56 Å². The van der Waals surface area contributed by atoms with Crippen LogP contribution in [0.3, 0.4) is 0 Å². The van der Waals surface area contributed by atoms with E-state index in [9.17, 15) is 0 Å². The molecule has 7 nitrogen and oxygen atoms in total. The highest BCUT2D eigenvalue weighted by atomic mass is 16.5. The van der Waals surface area contributed by atoms with Crippen molar-refractivity contribution in [3.63, 3.8) is 0 Å². The van der Waals surface area contributed by atoms with Gasteiger partial charge < -0.3 is 19.4 Å². The standard InChI is InChI=1S/C24H31N5O2/c1-3-30-21-16-19(17-22(31-4-2)23(21)29-12-5-6-13-29)18-28-14-8-20(9-15-28)27-24-25-10-7-11-26-24/h5-7,10-13,16-17,20H,3-4,8-9,14-15,18H2,1-2H3,(H,25,26,27). The van der Waals surface area contributed by atoms with E-state index in [1.807, 2.05) is 44.4 Å².